The van der Waals surface area contributed by atoms with Crippen LogP contribution in [0.1, 0.15) is 56.6 Å². The molecule has 0 saturated heterocycles. The smallest absolute Gasteiger partial charge is 0.306 e. The Kier molecular flexibility index (Phi) is 4.07. The molecule has 0 unspecified atom stereocenters. The van der Waals surface area contributed by atoms with Gasteiger partial charge in [-0.3, -0.25) is 14.3 Å². The van der Waals surface area contributed by atoms with Gasteiger partial charge in [0.2, 0.25) is 0 Å². The van der Waals surface area contributed by atoms with E-state index in [4.69, 9.17) is 5.11 Å². The minimum Gasteiger partial charge on any atom is -0.481 e. The molecule has 1 aromatic rings. The zero-order chi connectivity index (χ0) is 15.8. The van der Waals surface area contributed by atoms with E-state index in [0.29, 0.717) is 18.4 Å². The number of aliphatic carboxylic acids is 1. The first-order valence-electron chi connectivity index (χ1n) is 7.35. The van der Waals surface area contributed by atoms with E-state index < -0.39 is 5.97 Å². The van der Waals surface area contributed by atoms with Crippen LogP contribution < -0.4 is 5.32 Å². The third-order valence-corrected chi connectivity index (χ3v) is 3.91. The molecule has 2 N–H and O–H groups in total. The number of hydrogen-bond donors (Lipinski definition) is 2. The second-order valence-corrected chi connectivity index (χ2v) is 6.62. The summed E-state index contributed by atoms with van der Waals surface area (Å²) in [5, 5.41) is 16.1. The molecular weight excluding hydrogens is 270 g/mol. The molecular formula is C15H23N3O3. The molecule has 1 aliphatic carbocycles. The Bertz CT molecular complexity index is 551. The summed E-state index contributed by atoms with van der Waals surface area (Å²) in [5.41, 5.74) is 1.33. The normalized spacial score (nSPS) is 21.7. The lowest BCUT2D eigenvalue weighted by atomic mass is 9.80. The number of rotatable bonds is 4. The molecule has 0 aromatic carbocycles. The first-order chi connectivity index (χ1) is 9.74. The Morgan fingerprint density at radius 2 is 2.05 bits per heavy atom. The van der Waals surface area contributed by atoms with E-state index in [1.54, 1.807) is 6.20 Å². The molecule has 1 heterocycles. The van der Waals surface area contributed by atoms with E-state index in [0.717, 1.165) is 12.1 Å². The van der Waals surface area contributed by atoms with Crippen molar-refractivity contribution in [3.8, 4) is 0 Å². The summed E-state index contributed by atoms with van der Waals surface area (Å²) in [6.45, 7) is 8.14. The third-order valence-electron chi connectivity index (χ3n) is 3.91. The number of carbonyl (C=O) groups excluding carboxylic acids is 1. The molecule has 0 spiro atoms. The summed E-state index contributed by atoms with van der Waals surface area (Å²) in [7, 11) is 0. The zero-order valence-electron chi connectivity index (χ0n) is 13.0. The van der Waals surface area contributed by atoms with Crippen molar-refractivity contribution in [3.05, 3.63) is 17.5 Å². The molecule has 0 radical (unpaired) electrons. The highest BCUT2D eigenvalue weighted by molar-refractivity contribution is 5.95. The van der Waals surface area contributed by atoms with E-state index in [2.05, 4.69) is 10.4 Å². The van der Waals surface area contributed by atoms with Gasteiger partial charge in [-0.2, -0.15) is 5.10 Å². The molecule has 1 fully saturated rings. The SMILES string of the molecule is CCc1c(C(=O)NC2CC(C(=O)O)C2)cnn1C(C)(C)C. The Morgan fingerprint density at radius 1 is 1.43 bits per heavy atom. The number of hydrogen-bond acceptors (Lipinski definition) is 3. The van der Waals surface area contributed by atoms with Gasteiger partial charge in [-0.1, -0.05) is 6.92 Å². The van der Waals surface area contributed by atoms with Crippen molar-refractivity contribution in [2.75, 3.05) is 0 Å². The maximum atomic E-state index is 12.3. The van der Waals surface area contributed by atoms with Crippen molar-refractivity contribution in [1.82, 2.24) is 15.1 Å². The Hall–Kier alpha value is -1.85. The molecule has 0 atom stereocenters. The van der Waals surface area contributed by atoms with Gasteiger partial charge in [0.25, 0.3) is 5.91 Å². The van der Waals surface area contributed by atoms with Gasteiger partial charge in [0.05, 0.1) is 28.9 Å². The van der Waals surface area contributed by atoms with E-state index in [1.807, 2.05) is 32.4 Å². The lowest BCUT2D eigenvalue weighted by Crippen LogP contribution is -2.46. The molecule has 0 bridgehead atoms. The second kappa shape index (κ2) is 5.50. The topological polar surface area (TPSA) is 84.2 Å². The number of carbonyl (C=O) groups is 2. The average Bonchev–Trinajstić information content (AvgIpc) is 2.75. The molecule has 21 heavy (non-hydrogen) atoms. The molecule has 1 aliphatic rings. The van der Waals surface area contributed by atoms with Gasteiger partial charge in [-0.25, -0.2) is 0 Å². The highest BCUT2D eigenvalue weighted by Crippen LogP contribution is 2.28. The Balaban J connectivity index is 2.07. The van der Waals surface area contributed by atoms with Crippen LogP contribution >= 0.6 is 0 Å². The van der Waals surface area contributed by atoms with Crippen LogP contribution in [0.25, 0.3) is 0 Å². The molecule has 116 valence electrons. The van der Waals surface area contributed by atoms with Gasteiger partial charge in [0.15, 0.2) is 0 Å². The molecule has 1 amide bonds. The largest absolute Gasteiger partial charge is 0.481 e. The quantitative estimate of drug-likeness (QED) is 0.886. The predicted octanol–water partition coefficient (Wildman–Crippen LogP) is 1.79. The predicted molar refractivity (Wildman–Crippen MR) is 78.2 cm³/mol. The standard InChI is InChI=1S/C15H23N3O3/c1-5-12-11(8-16-18(12)15(2,3)4)13(19)17-10-6-9(7-10)14(20)21/h8-10H,5-7H2,1-4H3,(H,17,19)(H,20,21). The minimum atomic E-state index is -0.782. The summed E-state index contributed by atoms with van der Waals surface area (Å²) in [5.74, 6) is -1.26. The van der Waals surface area contributed by atoms with Crippen LogP contribution in [0.4, 0.5) is 0 Å². The van der Waals surface area contributed by atoms with Crippen molar-refractivity contribution in [2.45, 2.75) is 58.5 Å². The number of nitrogens with zero attached hydrogens (tertiary/aromatic N) is 2. The number of nitrogens with one attached hydrogen (secondary N) is 1. The first-order valence-corrected chi connectivity index (χ1v) is 7.35. The van der Waals surface area contributed by atoms with E-state index in [1.165, 1.54) is 0 Å². The first kappa shape index (κ1) is 15.5. The van der Waals surface area contributed by atoms with Crippen LogP contribution in [0.3, 0.4) is 0 Å². The molecule has 2 rings (SSSR count). The Morgan fingerprint density at radius 3 is 2.52 bits per heavy atom. The van der Waals surface area contributed by atoms with E-state index in [-0.39, 0.29) is 23.4 Å². The van der Waals surface area contributed by atoms with Crippen molar-refractivity contribution in [1.29, 1.82) is 0 Å². The van der Waals surface area contributed by atoms with Gasteiger partial charge < -0.3 is 10.4 Å². The summed E-state index contributed by atoms with van der Waals surface area (Å²) in [6, 6.07) is -0.0405. The molecule has 6 nitrogen and oxygen atoms in total. The highest BCUT2D eigenvalue weighted by Gasteiger charge is 2.36. The molecule has 6 heteroatoms. The fourth-order valence-electron chi connectivity index (χ4n) is 2.68. The maximum Gasteiger partial charge on any atom is 0.306 e. The van der Waals surface area contributed by atoms with Crippen LogP contribution in [0, 0.1) is 5.92 Å². The van der Waals surface area contributed by atoms with Crippen LogP contribution in [-0.2, 0) is 16.8 Å². The number of aromatic nitrogens is 2. The van der Waals surface area contributed by atoms with Gasteiger partial charge >= 0.3 is 5.97 Å². The van der Waals surface area contributed by atoms with E-state index >= 15 is 0 Å². The summed E-state index contributed by atoms with van der Waals surface area (Å²) in [4.78, 5) is 23.1. The highest BCUT2D eigenvalue weighted by atomic mass is 16.4. The van der Waals surface area contributed by atoms with Crippen LogP contribution in [0.15, 0.2) is 6.20 Å². The third kappa shape index (κ3) is 3.09. The fourth-order valence-corrected chi connectivity index (χ4v) is 2.68. The molecule has 1 saturated carbocycles. The average molecular weight is 293 g/mol. The van der Waals surface area contributed by atoms with Gasteiger partial charge in [0, 0.05) is 6.04 Å². The van der Waals surface area contributed by atoms with Crippen LogP contribution in [-0.4, -0.2) is 32.8 Å². The zero-order valence-corrected chi connectivity index (χ0v) is 13.0. The lowest BCUT2D eigenvalue weighted by molar-refractivity contribution is -0.145. The van der Waals surface area contributed by atoms with Crippen molar-refractivity contribution in [2.24, 2.45) is 5.92 Å². The minimum absolute atomic E-state index is 0.0405. The fraction of sp³-hybridized carbons (Fsp3) is 0.667. The Labute approximate surface area is 124 Å². The van der Waals surface area contributed by atoms with Crippen molar-refractivity contribution < 1.29 is 14.7 Å². The van der Waals surface area contributed by atoms with Crippen LogP contribution in [0.5, 0.6) is 0 Å². The van der Waals surface area contributed by atoms with E-state index in [9.17, 15) is 9.59 Å². The summed E-state index contributed by atoms with van der Waals surface area (Å²) >= 11 is 0. The van der Waals surface area contributed by atoms with Gasteiger partial charge in [-0.15, -0.1) is 0 Å². The number of amides is 1. The number of carboxylic acid groups (broad SMARTS) is 1. The number of carboxylic acids is 1. The monoisotopic (exact) mass is 293 g/mol. The second-order valence-electron chi connectivity index (χ2n) is 6.62. The lowest BCUT2D eigenvalue weighted by Gasteiger charge is -2.32. The molecule has 1 aromatic heterocycles. The van der Waals surface area contributed by atoms with Crippen LogP contribution in [0.2, 0.25) is 0 Å². The summed E-state index contributed by atoms with van der Waals surface area (Å²) < 4.78 is 1.88. The van der Waals surface area contributed by atoms with Gasteiger partial charge in [0.1, 0.15) is 0 Å². The van der Waals surface area contributed by atoms with Crippen molar-refractivity contribution >= 4 is 11.9 Å². The van der Waals surface area contributed by atoms with Gasteiger partial charge in [-0.05, 0) is 40.0 Å². The maximum absolute atomic E-state index is 12.3. The molecule has 0 aliphatic heterocycles. The summed E-state index contributed by atoms with van der Waals surface area (Å²) in [6.07, 6.45) is 3.35. The van der Waals surface area contributed by atoms with Crippen molar-refractivity contribution in [3.63, 3.8) is 0 Å².